The molecule has 3 N–H and O–H groups in total. The minimum absolute atomic E-state index is 0.0758. The lowest BCUT2D eigenvalue weighted by atomic mass is 10.2. The number of nitrogens with zero attached hydrogens (tertiary/aromatic N) is 1. The smallest absolute Gasteiger partial charge is 0.263 e. The first-order chi connectivity index (χ1) is 13.6. The van der Waals surface area contributed by atoms with Crippen molar-refractivity contribution in [2.24, 2.45) is 5.14 Å². The van der Waals surface area contributed by atoms with Gasteiger partial charge in [0.25, 0.3) is 11.5 Å². The summed E-state index contributed by atoms with van der Waals surface area (Å²) < 4.78 is 23.9. The summed E-state index contributed by atoms with van der Waals surface area (Å²) in [6.07, 6.45) is 1.55. The van der Waals surface area contributed by atoms with E-state index in [1.54, 1.807) is 30.5 Å². The lowest BCUT2D eigenvalue weighted by molar-refractivity contribution is 0.102. The zero-order valence-electron chi connectivity index (χ0n) is 14.8. The van der Waals surface area contributed by atoms with Gasteiger partial charge in [0.2, 0.25) is 10.0 Å². The zero-order valence-corrected chi connectivity index (χ0v) is 17.1. The number of benzene rings is 2. The number of aromatic nitrogens is 1. The molecule has 2 aromatic carbocycles. The largest absolute Gasteiger partial charge is 0.322 e. The van der Waals surface area contributed by atoms with Gasteiger partial charge in [0.15, 0.2) is 0 Å². The average Bonchev–Trinajstić information content (AvgIpc) is 2.65. The molecule has 150 valence electrons. The average molecular weight is 452 g/mol. The lowest BCUT2D eigenvalue weighted by Gasteiger charge is -2.10. The maximum absolute atomic E-state index is 12.7. The number of halogens is 2. The normalized spacial score (nSPS) is 11.3. The molecule has 3 aromatic rings. The summed E-state index contributed by atoms with van der Waals surface area (Å²) in [7, 11) is -3.83. The second-order valence-corrected chi connectivity index (χ2v) is 8.52. The van der Waals surface area contributed by atoms with E-state index in [0.29, 0.717) is 21.3 Å². The van der Waals surface area contributed by atoms with Gasteiger partial charge in [-0.1, -0.05) is 29.3 Å². The summed E-state index contributed by atoms with van der Waals surface area (Å²) in [5.74, 6) is -0.630. The highest BCUT2D eigenvalue weighted by atomic mass is 35.5. The monoisotopic (exact) mass is 451 g/mol. The molecule has 0 aliphatic rings. The van der Waals surface area contributed by atoms with Crippen molar-refractivity contribution in [3.8, 4) is 0 Å². The van der Waals surface area contributed by atoms with E-state index < -0.39 is 21.5 Å². The molecule has 1 amide bonds. The van der Waals surface area contributed by atoms with Crippen molar-refractivity contribution in [1.82, 2.24) is 4.57 Å². The molecule has 29 heavy (non-hydrogen) atoms. The van der Waals surface area contributed by atoms with Crippen LogP contribution in [0, 0.1) is 0 Å². The zero-order chi connectivity index (χ0) is 21.2. The third kappa shape index (κ3) is 5.04. The number of primary sulfonamides is 1. The first-order valence-electron chi connectivity index (χ1n) is 8.23. The van der Waals surface area contributed by atoms with Crippen LogP contribution in [0.1, 0.15) is 15.9 Å². The molecule has 0 bridgehead atoms. The molecule has 0 fully saturated rings. The molecule has 0 saturated heterocycles. The fourth-order valence-electron chi connectivity index (χ4n) is 2.59. The van der Waals surface area contributed by atoms with Gasteiger partial charge in [0.1, 0.15) is 5.56 Å². The number of sulfonamides is 1. The van der Waals surface area contributed by atoms with Gasteiger partial charge in [0, 0.05) is 21.9 Å². The van der Waals surface area contributed by atoms with Crippen LogP contribution in [0.15, 0.2) is 70.5 Å². The van der Waals surface area contributed by atoms with E-state index in [1.165, 1.54) is 34.9 Å². The van der Waals surface area contributed by atoms with Gasteiger partial charge < -0.3 is 9.88 Å². The number of nitrogens with one attached hydrogen (secondary N) is 1. The van der Waals surface area contributed by atoms with E-state index >= 15 is 0 Å². The van der Waals surface area contributed by atoms with Crippen LogP contribution in [0.4, 0.5) is 5.69 Å². The Morgan fingerprint density at radius 1 is 1.07 bits per heavy atom. The molecule has 3 rings (SSSR count). The Hall–Kier alpha value is -2.65. The maximum Gasteiger partial charge on any atom is 0.263 e. The van der Waals surface area contributed by atoms with E-state index in [2.05, 4.69) is 5.32 Å². The summed E-state index contributed by atoms with van der Waals surface area (Å²) in [5.41, 5.74) is 0.414. The highest BCUT2D eigenvalue weighted by Gasteiger charge is 2.14. The molecule has 0 atom stereocenters. The van der Waals surface area contributed by atoms with Crippen LogP contribution in [-0.2, 0) is 16.6 Å². The van der Waals surface area contributed by atoms with Crippen LogP contribution in [0.5, 0.6) is 0 Å². The first kappa shape index (κ1) is 21.1. The maximum atomic E-state index is 12.7. The molecule has 0 spiro atoms. The standard InChI is InChI=1S/C19H15Cl2N3O4S/c20-13-4-3-12(17(21)10-13)11-24-9-1-2-16(19(24)26)18(25)23-14-5-7-15(8-6-14)29(22,27)28/h1-10H,11H2,(H,23,25)(H2,22,27,28). The second kappa shape index (κ2) is 8.38. The summed E-state index contributed by atoms with van der Waals surface area (Å²) in [4.78, 5) is 25.1. The quantitative estimate of drug-likeness (QED) is 0.620. The van der Waals surface area contributed by atoms with Gasteiger partial charge in [-0.25, -0.2) is 13.6 Å². The molecule has 1 aromatic heterocycles. The van der Waals surface area contributed by atoms with Crippen LogP contribution in [0.2, 0.25) is 10.0 Å². The number of pyridine rings is 1. The summed E-state index contributed by atoms with van der Waals surface area (Å²) in [6, 6.07) is 13.2. The number of carbonyl (C=O) groups excluding carboxylic acids is 1. The molecule has 0 aliphatic heterocycles. The third-order valence-electron chi connectivity index (χ3n) is 4.06. The highest BCUT2D eigenvalue weighted by Crippen LogP contribution is 2.21. The number of anilines is 1. The molecule has 7 nitrogen and oxygen atoms in total. The van der Waals surface area contributed by atoms with Crippen molar-refractivity contribution in [1.29, 1.82) is 0 Å². The minimum atomic E-state index is -3.83. The molecular weight excluding hydrogens is 437 g/mol. The Kier molecular flexibility index (Phi) is 6.09. The molecular formula is C19H15Cl2N3O4S. The van der Waals surface area contributed by atoms with Crippen LogP contribution in [0.3, 0.4) is 0 Å². The van der Waals surface area contributed by atoms with E-state index in [9.17, 15) is 18.0 Å². The number of nitrogens with two attached hydrogens (primary N) is 1. The Morgan fingerprint density at radius 2 is 1.76 bits per heavy atom. The second-order valence-electron chi connectivity index (χ2n) is 6.11. The van der Waals surface area contributed by atoms with E-state index in [1.807, 2.05) is 0 Å². The van der Waals surface area contributed by atoms with Crippen molar-refractivity contribution in [2.45, 2.75) is 11.4 Å². The van der Waals surface area contributed by atoms with Crippen LogP contribution < -0.4 is 16.0 Å². The number of carbonyl (C=O) groups is 1. The van der Waals surface area contributed by atoms with Gasteiger partial charge in [-0.2, -0.15) is 0 Å². The number of hydrogen-bond donors (Lipinski definition) is 2. The van der Waals surface area contributed by atoms with Gasteiger partial charge in [-0.3, -0.25) is 9.59 Å². The van der Waals surface area contributed by atoms with E-state index in [4.69, 9.17) is 28.3 Å². The predicted octanol–water partition coefficient (Wildman–Crippen LogP) is 3.10. The summed E-state index contributed by atoms with van der Waals surface area (Å²) in [6.45, 7) is 0.166. The SMILES string of the molecule is NS(=O)(=O)c1ccc(NC(=O)c2cccn(Cc3ccc(Cl)cc3Cl)c2=O)cc1. The van der Waals surface area contributed by atoms with Gasteiger partial charge in [-0.15, -0.1) is 0 Å². The van der Waals surface area contributed by atoms with E-state index in [-0.39, 0.29) is 17.0 Å². The molecule has 0 unspecified atom stereocenters. The van der Waals surface area contributed by atoms with Crippen LogP contribution in [0.25, 0.3) is 0 Å². The van der Waals surface area contributed by atoms with Crippen LogP contribution >= 0.6 is 23.2 Å². The van der Waals surface area contributed by atoms with Crippen molar-refractivity contribution in [3.05, 3.63) is 92.3 Å². The first-order valence-corrected chi connectivity index (χ1v) is 10.5. The van der Waals surface area contributed by atoms with Gasteiger partial charge >= 0.3 is 0 Å². The Morgan fingerprint density at radius 3 is 2.38 bits per heavy atom. The van der Waals surface area contributed by atoms with Crippen molar-refractivity contribution >= 4 is 44.8 Å². The van der Waals surface area contributed by atoms with E-state index in [0.717, 1.165) is 0 Å². The minimum Gasteiger partial charge on any atom is -0.322 e. The Labute approximate surface area is 176 Å². The summed E-state index contributed by atoms with van der Waals surface area (Å²) >= 11 is 12.0. The van der Waals surface area contributed by atoms with Crippen molar-refractivity contribution < 1.29 is 13.2 Å². The number of amides is 1. The molecule has 10 heteroatoms. The van der Waals surface area contributed by atoms with Gasteiger partial charge in [-0.05, 0) is 54.1 Å². The van der Waals surface area contributed by atoms with Crippen molar-refractivity contribution in [2.75, 3.05) is 5.32 Å². The fourth-order valence-corrected chi connectivity index (χ4v) is 3.58. The molecule has 1 heterocycles. The Bertz CT molecular complexity index is 1240. The highest BCUT2D eigenvalue weighted by molar-refractivity contribution is 7.89. The lowest BCUT2D eigenvalue weighted by Crippen LogP contribution is -2.29. The fraction of sp³-hybridized carbons (Fsp3) is 0.0526. The molecule has 0 saturated carbocycles. The molecule has 0 aliphatic carbocycles. The van der Waals surface area contributed by atoms with Gasteiger partial charge in [0.05, 0.1) is 11.4 Å². The molecule has 0 radical (unpaired) electrons. The summed E-state index contributed by atoms with van der Waals surface area (Å²) in [5, 5.41) is 8.49. The number of hydrogen-bond acceptors (Lipinski definition) is 4. The Balaban J connectivity index is 1.83. The number of rotatable bonds is 5. The topological polar surface area (TPSA) is 111 Å². The third-order valence-corrected chi connectivity index (χ3v) is 5.58. The predicted molar refractivity (Wildman–Crippen MR) is 112 cm³/mol. The van der Waals surface area contributed by atoms with Crippen LogP contribution in [-0.4, -0.2) is 18.9 Å². The van der Waals surface area contributed by atoms with Crippen molar-refractivity contribution in [3.63, 3.8) is 0 Å².